The molecule has 0 spiro atoms. The molecule has 0 bridgehead atoms. The lowest BCUT2D eigenvalue weighted by Gasteiger charge is -2.31. The fraction of sp³-hybridized carbons (Fsp3) is 0.800. The summed E-state index contributed by atoms with van der Waals surface area (Å²) in [7, 11) is 1.66. The van der Waals surface area contributed by atoms with Gasteiger partial charge in [-0.2, -0.15) is 0 Å². The quantitative estimate of drug-likeness (QED) is 0.614. The zero-order valence-corrected chi connectivity index (χ0v) is 9.45. The van der Waals surface area contributed by atoms with Gasteiger partial charge in [0.05, 0.1) is 13.1 Å². The molecule has 1 aliphatic rings. The molecule has 1 fully saturated rings. The van der Waals surface area contributed by atoms with Crippen LogP contribution in [-0.2, 0) is 9.59 Å². The van der Waals surface area contributed by atoms with Crippen LogP contribution >= 0.6 is 0 Å². The Labute approximate surface area is 90.4 Å². The number of nitrogens with zero attached hydrogens (tertiary/aromatic N) is 2. The highest BCUT2D eigenvalue weighted by atomic mass is 16.2. The van der Waals surface area contributed by atoms with Crippen molar-refractivity contribution in [1.82, 2.24) is 15.1 Å². The van der Waals surface area contributed by atoms with Gasteiger partial charge >= 0.3 is 0 Å². The van der Waals surface area contributed by atoms with Crippen molar-refractivity contribution >= 4 is 11.8 Å². The van der Waals surface area contributed by atoms with Gasteiger partial charge in [0.25, 0.3) is 0 Å². The minimum atomic E-state index is 0.0186. The van der Waals surface area contributed by atoms with E-state index < -0.39 is 0 Å². The first-order valence-corrected chi connectivity index (χ1v) is 5.37. The largest absolute Gasteiger partial charge is 0.335 e. The fourth-order valence-corrected chi connectivity index (χ4v) is 1.48. The van der Waals surface area contributed by atoms with Gasteiger partial charge < -0.3 is 15.1 Å². The number of hydrogen-bond donors (Lipinski definition) is 1. The van der Waals surface area contributed by atoms with E-state index in [-0.39, 0.29) is 24.9 Å². The molecule has 0 radical (unpaired) electrons. The Morgan fingerprint density at radius 1 is 1.20 bits per heavy atom. The highest BCUT2D eigenvalue weighted by Crippen LogP contribution is 2.01. The molecule has 5 nitrogen and oxygen atoms in total. The summed E-state index contributed by atoms with van der Waals surface area (Å²) in [5.74, 6) is 0.0560. The third kappa shape index (κ3) is 3.51. The zero-order chi connectivity index (χ0) is 11.3. The van der Waals surface area contributed by atoms with Crippen LogP contribution in [-0.4, -0.2) is 61.4 Å². The van der Waals surface area contributed by atoms with E-state index in [0.717, 1.165) is 19.5 Å². The third-order valence-corrected chi connectivity index (χ3v) is 2.46. The molecule has 0 aromatic rings. The number of rotatable bonds is 5. The summed E-state index contributed by atoms with van der Waals surface area (Å²) in [6, 6.07) is 0. The summed E-state index contributed by atoms with van der Waals surface area (Å²) < 4.78 is 0. The van der Waals surface area contributed by atoms with E-state index in [0.29, 0.717) is 6.54 Å². The van der Waals surface area contributed by atoms with E-state index in [1.165, 1.54) is 4.90 Å². The van der Waals surface area contributed by atoms with Crippen molar-refractivity contribution in [3.05, 3.63) is 0 Å². The van der Waals surface area contributed by atoms with Gasteiger partial charge in [0.15, 0.2) is 0 Å². The van der Waals surface area contributed by atoms with Crippen LogP contribution in [0.1, 0.15) is 13.3 Å². The number of likely N-dealkylation sites (N-methyl/N-ethyl adjacent to an activating group) is 1. The van der Waals surface area contributed by atoms with Crippen LogP contribution < -0.4 is 5.32 Å². The molecule has 0 aliphatic carbocycles. The number of carbonyl (C=O) groups is 2. The van der Waals surface area contributed by atoms with Gasteiger partial charge in [-0.3, -0.25) is 9.59 Å². The summed E-state index contributed by atoms with van der Waals surface area (Å²) in [6.45, 7) is 4.87. The molecule has 1 aliphatic heterocycles. The molecular weight excluding hydrogens is 194 g/mol. The summed E-state index contributed by atoms with van der Waals surface area (Å²) in [6.07, 6.45) is 1.08. The first kappa shape index (κ1) is 12.0. The van der Waals surface area contributed by atoms with E-state index in [4.69, 9.17) is 0 Å². The van der Waals surface area contributed by atoms with Gasteiger partial charge in [-0.25, -0.2) is 0 Å². The lowest BCUT2D eigenvalue weighted by molar-refractivity contribution is -0.148. The summed E-state index contributed by atoms with van der Waals surface area (Å²) in [5.41, 5.74) is 0. The molecule has 0 aromatic heterocycles. The summed E-state index contributed by atoms with van der Waals surface area (Å²) in [5, 5.41) is 3.21. The van der Waals surface area contributed by atoms with Crippen molar-refractivity contribution < 1.29 is 9.59 Å². The predicted octanol–water partition coefficient (Wildman–Crippen LogP) is -0.713. The molecular formula is C10H19N3O2. The molecule has 1 heterocycles. The van der Waals surface area contributed by atoms with Crippen LogP contribution in [0, 0.1) is 0 Å². The highest BCUT2D eigenvalue weighted by Gasteiger charge is 2.26. The number of amides is 2. The number of piperazine rings is 1. The van der Waals surface area contributed by atoms with Gasteiger partial charge in [0, 0.05) is 20.1 Å². The van der Waals surface area contributed by atoms with E-state index in [9.17, 15) is 9.59 Å². The Morgan fingerprint density at radius 3 is 2.60 bits per heavy atom. The maximum Gasteiger partial charge on any atom is 0.242 e. The SMILES string of the molecule is CCCNCCN1CC(=O)N(C)CC1=O. The van der Waals surface area contributed by atoms with Crippen molar-refractivity contribution in [3.8, 4) is 0 Å². The molecule has 86 valence electrons. The minimum absolute atomic E-state index is 0.0186. The summed E-state index contributed by atoms with van der Waals surface area (Å²) >= 11 is 0. The van der Waals surface area contributed by atoms with Crippen molar-refractivity contribution in [1.29, 1.82) is 0 Å². The molecule has 1 saturated heterocycles. The predicted molar refractivity (Wildman–Crippen MR) is 57.4 cm³/mol. The molecule has 0 atom stereocenters. The highest BCUT2D eigenvalue weighted by molar-refractivity contribution is 5.92. The van der Waals surface area contributed by atoms with Crippen molar-refractivity contribution in [2.24, 2.45) is 0 Å². The average molecular weight is 213 g/mol. The van der Waals surface area contributed by atoms with E-state index >= 15 is 0 Å². The van der Waals surface area contributed by atoms with Gasteiger partial charge in [-0.15, -0.1) is 0 Å². The minimum Gasteiger partial charge on any atom is -0.335 e. The smallest absolute Gasteiger partial charge is 0.242 e. The van der Waals surface area contributed by atoms with Crippen LogP contribution in [0.2, 0.25) is 0 Å². The monoisotopic (exact) mass is 213 g/mol. The molecule has 1 rings (SSSR count). The normalized spacial score (nSPS) is 17.5. The van der Waals surface area contributed by atoms with Gasteiger partial charge in [0.1, 0.15) is 0 Å². The number of carbonyl (C=O) groups excluding carboxylic acids is 2. The van der Waals surface area contributed by atoms with Crippen LogP contribution in [0.3, 0.4) is 0 Å². The first-order valence-electron chi connectivity index (χ1n) is 5.37. The van der Waals surface area contributed by atoms with Crippen molar-refractivity contribution in [2.45, 2.75) is 13.3 Å². The van der Waals surface area contributed by atoms with E-state index in [1.807, 2.05) is 0 Å². The second kappa shape index (κ2) is 5.70. The Balaban J connectivity index is 2.29. The Hall–Kier alpha value is -1.10. The molecule has 0 saturated carbocycles. The lowest BCUT2D eigenvalue weighted by atomic mass is 10.3. The van der Waals surface area contributed by atoms with Crippen molar-refractivity contribution in [3.63, 3.8) is 0 Å². The Bertz CT molecular complexity index is 243. The van der Waals surface area contributed by atoms with Gasteiger partial charge in [0.2, 0.25) is 11.8 Å². The fourth-order valence-electron chi connectivity index (χ4n) is 1.48. The molecule has 15 heavy (non-hydrogen) atoms. The third-order valence-electron chi connectivity index (χ3n) is 2.46. The Kier molecular flexibility index (Phi) is 4.55. The topological polar surface area (TPSA) is 52.7 Å². The molecule has 0 aromatic carbocycles. The summed E-state index contributed by atoms with van der Waals surface area (Å²) in [4.78, 5) is 26.0. The maximum atomic E-state index is 11.5. The standard InChI is InChI=1S/C10H19N3O2/c1-3-4-11-5-6-13-8-9(14)12(2)7-10(13)15/h11H,3-8H2,1-2H3. The lowest BCUT2D eigenvalue weighted by Crippen LogP contribution is -2.53. The Morgan fingerprint density at radius 2 is 1.93 bits per heavy atom. The van der Waals surface area contributed by atoms with Crippen LogP contribution in [0.4, 0.5) is 0 Å². The molecule has 0 unspecified atom stereocenters. The van der Waals surface area contributed by atoms with Crippen LogP contribution in [0.5, 0.6) is 0 Å². The van der Waals surface area contributed by atoms with Gasteiger partial charge in [-0.1, -0.05) is 6.92 Å². The van der Waals surface area contributed by atoms with Crippen molar-refractivity contribution in [2.75, 3.05) is 39.8 Å². The van der Waals surface area contributed by atoms with E-state index in [1.54, 1.807) is 11.9 Å². The number of nitrogens with one attached hydrogen (secondary N) is 1. The second-order valence-corrected chi connectivity index (χ2v) is 3.82. The molecule has 2 amide bonds. The van der Waals surface area contributed by atoms with E-state index in [2.05, 4.69) is 12.2 Å². The average Bonchev–Trinajstić information content (AvgIpc) is 2.20. The maximum absolute atomic E-state index is 11.5. The number of hydrogen-bond acceptors (Lipinski definition) is 3. The van der Waals surface area contributed by atoms with Crippen LogP contribution in [0.25, 0.3) is 0 Å². The van der Waals surface area contributed by atoms with Crippen LogP contribution in [0.15, 0.2) is 0 Å². The second-order valence-electron chi connectivity index (χ2n) is 3.82. The molecule has 5 heteroatoms. The zero-order valence-electron chi connectivity index (χ0n) is 9.45. The first-order chi connectivity index (χ1) is 7.15. The van der Waals surface area contributed by atoms with Gasteiger partial charge in [-0.05, 0) is 13.0 Å². The molecule has 1 N–H and O–H groups in total.